The lowest BCUT2D eigenvalue weighted by Crippen LogP contribution is -2.16. The van der Waals surface area contributed by atoms with Gasteiger partial charge in [-0.2, -0.15) is 0 Å². The summed E-state index contributed by atoms with van der Waals surface area (Å²) in [5.74, 6) is -0.716. The Morgan fingerprint density at radius 3 is 1.80 bits per heavy atom. The quantitative estimate of drug-likeness (QED) is 0.426. The number of carbonyl (C=O) groups is 2. The van der Waals surface area contributed by atoms with E-state index in [2.05, 4.69) is 25.6 Å². The van der Waals surface area contributed by atoms with Crippen LogP contribution in [0.3, 0.4) is 0 Å². The molecule has 0 saturated heterocycles. The summed E-state index contributed by atoms with van der Waals surface area (Å²) < 4.78 is 1.98. The average molecular weight is 432 g/mol. The van der Waals surface area contributed by atoms with Crippen LogP contribution in [0.4, 0.5) is 10.3 Å². The predicted octanol–water partition coefficient (Wildman–Crippen LogP) is 4.81. The van der Waals surface area contributed by atoms with Crippen LogP contribution in [0, 0.1) is 0 Å². The Morgan fingerprint density at radius 1 is 0.700 bits per heavy atom. The fourth-order valence-electron chi connectivity index (χ4n) is 2.84. The third kappa shape index (κ3) is 3.63. The molecule has 0 fully saturated rings. The number of amides is 2. The fourth-order valence-corrected chi connectivity index (χ4v) is 4.57. The van der Waals surface area contributed by atoms with Gasteiger partial charge in [0, 0.05) is 6.20 Å². The summed E-state index contributed by atoms with van der Waals surface area (Å²) in [5, 5.41) is 6.53. The zero-order chi connectivity index (χ0) is 20.5. The molecule has 2 aromatic carbocycles. The van der Waals surface area contributed by atoms with Gasteiger partial charge in [-0.05, 0) is 36.4 Å². The lowest BCUT2D eigenvalue weighted by Gasteiger charge is -2.03. The molecule has 2 amide bonds. The highest BCUT2D eigenvalue weighted by atomic mass is 32.1. The molecule has 0 atom stereocenters. The SMILES string of the molecule is O=C(Nc1nc2ccccc2s1)c1ccc(C(=O)Nc2nc3ccccc3s2)nc1. The number of benzene rings is 2. The smallest absolute Gasteiger partial charge is 0.276 e. The van der Waals surface area contributed by atoms with Gasteiger partial charge in [-0.3, -0.25) is 25.2 Å². The second kappa shape index (κ2) is 7.62. The molecular formula is C21H13N5O2S2. The first-order valence-electron chi connectivity index (χ1n) is 8.96. The highest BCUT2D eigenvalue weighted by molar-refractivity contribution is 7.22. The van der Waals surface area contributed by atoms with Crippen LogP contribution < -0.4 is 10.6 Å². The van der Waals surface area contributed by atoms with Crippen LogP contribution in [0.5, 0.6) is 0 Å². The fraction of sp³-hybridized carbons (Fsp3) is 0. The van der Waals surface area contributed by atoms with Gasteiger partial charge in [-0.15, -0.1) is 0 Å². The third-order valence-electron chi connectivity index (χ3n) is 4.29. The second-order valence-corrected chi connectivity index (χ2v) is 8.38. The maximum atomic E-state index is 12.5. The number of rotatable bonds is 4. The van der Waals surface area contributed by atoms with Crippen molar-refractivity contribution in [3.8, 4) is 0 Å². The normalized spacial score (nSPS) is 10.9. The summed E-state index contributed by atoms with van der Waals surface area (Å²) in [7, 11) is 0. The zero-order valence-electron chi connectivity index (χ0n) is 15.3. The van der Waals surface area contributed by atoms with Crippen molar-refractivity contribution in [2.75, 3.05) is 10.6 Å². The van der Waals surface area contributed by atoms with Gasteiger partial charge in [0.15, 0.2) is 10.3 Å². The van der Waals surface area contributed by atoms with Crippen LogP contribution in [-0.4, -0.2) is 26.8 Å². The van der Waals surface area contributed by atoms with Crippen molar-refractivity contribution in [2.45, 2.75) is 0 Å². The molecule has 0 aliphatic rings. The van der Waals surface area contributed by atoms with Crippen molar-refractivity contribution >= 4 is 65.2 Å². The number of thiazole rings is 2. The first-order valence-corrected chi connectivity index (χ1v) is 10.6. The first-order chi connectivity index (χ1) is 14.7. The molecule has 0 radical (unpaired) electrons. The molecule has 146 valence electrons. The summed E-state index contributed by atoms with van der Waals surface area (Å²) >= 11 is 2.79. The minimum atomic E-state index is -0.382. The maximum absolute atomic E-state index is 12.5. The van der Waals surface area contributed by atoms with E-state index in [1.54, 1.807) is 6.07 Å². The van der Waals surface area contributed by atoms with Gasteiger partial charge in [-0.25, -0.2) is 9.97 Å². The number of pyridine rings is 1. The van der Waals surface area contributed by atoms with Gasteiger partial charge in [0.25, 0.3) is 11.8 Å². The topological polar surface area (TPSA) is 96.9 Å². The van der Waals surface area contributed by atoms with E-state index in [0.29, 0.717) is 15.8 Å². The van der Waals surface area contributed by atoms with Gasteiger partial charge < -0.3 is 0 Å². The minimum absolute atomic E-state index is 0.200. The lowest BCUT2D eigenvalue weighted by atomic mass is 10.2. The first kappa shape index (κ1) is 18.3. The van der Waals surface area contributed by atoms with E-state index >= 15 is 0 Å². The molecule has 0 bridgehead atoms. The van der Waals surface area contributed by atoms with Crippen molar-refractivity contribution in [3.63, 3.8) is 0 Å². The van der Waals surface area contributed by atoms with E-state index in [-0.39, 0.29) is 17.5 Å². The Hall–Kier alpha value is -3.69. The molecule has 7 nitrogen and oxygen atoms in total. The Labute approximate surface area is 178 Å². The predicted molar refractivity (Wildman–Crippen MR) is 119 cm³/mol. The minimum Gasteiger partial charge on any atom is -0.298 e. The zero-order valence-corrected chi connectivity index (χ0v) is 17.0. The number of nitrogens with one attached hydrogen (secondary N) is 2. The number of hydrogen-bond acceptors (Lipinski definition) is 7. The summed E-state index contributed by atoms with van der Waals surface area (Å²) in [6.07, 6.45) is 1.37. The number of hydrogen-bond donors (Lipinski definition) is 2. The second-order valence-electron chi connectivity index (χ2n) is 6.31. The van der Waals surface area contributed by atoms with Gasteiger partial charge >= 0.3 is 0 Å². The molecule has 5 rings (SSSR count). The van der Waals surface area contributed by atoms with E-state index < -0.39 is 0 Å². The summed E-state index contributed by atoms with van der Waals surface area (Å²) in [6, 6.07) is 18.4. The highest BCUT2D eigenvalue weighted by Crippen LogP contribution is 2.26. The molecule has 0 unspecified atom stereocenters. The molecule has 3 aromatic heterocycles. The Bertz CT molecular complexity index is 1220. The third-order valence-corrected chi connectivity index (χ3v) is 6.19. The van der Waals surface area contributed by atoms with Crippen molar-refractivity contribution in [1.82, 2.24) is 15.0 Å². The number of carbonyl (C=O) groups excluding carboxylic acids is 2. The lowest BCUT2D eigenvalue weighted by molar-refractivity contribution is 0.101. The van der Waals surface area contributed by atoms with Crippen molar-refractivity contribution in [2.24, 2.45) is 0 Å². The number of fused-ring (bicyclic) bond motifs is 2. The van der Waals surface area contributed by atoms with Crippen LogP contribution in [-0.2, 0) is 0 Å². The number of nitrogens with zero attached hydrogens (tertiary/aromatic N) is 3. The summed E-state index contributed by atoms with van der Waals surface area (Å²) in [4.78, 5) is 37.8. The molecule has 0 spiro atoms. The molecule has 5 aromatic rings. The average Bonchev–Trinajstić information content (AvgIpc) is 3.36. The van der Waals surface area contributed by atoms with Crippen molar-refractivity contribution in [1.29, 1.82) is 0 Å². The molecular weight excluding hydrogens is 418 g/mol. The Morgan fingerprint density at radius 2 is 1.27 bits per heavy atom. The molecule has 9 heteroatoms. The van der Waals surface area contributed by atoms with Crippen LogP contribution in [0.2, 0.25) is 0 Å². The molecule has 30 heavy (non-hydrogen) atoms. The van der Waals surface area contributed by atoms with Crippen molar-refractivity contribution in [3.05, 3.63) is 78.1 Å². The van der Waals surface area contributed by atoms with Crippen molar-refractivity contribution < 1.29 is 9.59 Å². The van der Waals surface area contributed by atoms with Gasteiger partial charge in [0.05, 0.1) is 26.0 Å². The van der Waals surface area contributed by atoms with Gasteiger partial charge in [0.2, 0.25) is 0 Å². The van der Waals surface area contributed by atoms with E-state index in [1.165, 1.54) is 34.9 Å². The summed E-state index contributed by atoms with van der Waals surface area (Å²) in [5.41, 5.74) is 2.20. The molecule has 0 aliphatic carbocycles. The van der Waals surface area contributed by atoms with Crippen LogP contribution in [0.15, 0.2) is 66.9 Å². The molecule has 0 saturated carbocycles. The van der Waals surface area contributed by atoms with E-state index in [0.717, 1.165) is 20.4 Å². The largest absolute Gasteiger partial charge is 0.298 e. The standard InChI is InChI=1S/C21H13N5O2S2/c27-18(25-20-23-13-5-1-3-7-16(13)29-20)12-9-10-15(22-11-12)19(28)26-21-24-14-6-2-4-8-17(14)30-21/h1-11H,(H,23,25,27)(H,24,26,28). The van der Waals surface area contributed by atoms with Crippen LogP contribution in [0.1, 0.15) is 20.8 Å². The number of para-hydroxylation sites is 2. The molecule has 2 N–H and O–H groups in total. The summed E-state index contributed by atoms with van der Waals surface area (Å²) in [6.45, 7) is 0. The van der Waals surface area contributed by atoms with Gasteiger partial charge in [0.1, 0.15) is 5.69 Å². The van der Waals surface area contributed by atoms with E-state index in [9.17, 15) is 9.59 Å². The monoisotopic (exact) mass is 431 g/mol. The number of anilines is 2. The van der Waals surface area contributed by atoms with Gasteiger partial charge in [-0.1, -0.05) is 46.9 Å². The highest BCUT2D eigenvalue weighted by Gasteiger charge is 2.14. The number of aromatic nitrogens is 3. The Balaban J connectivity index is 1.28. The van der Waals surface area contributed by atoms with E-state index in [1.807, 2.05) is 48.5 Å². The van der Waals surface area contributed by atoms with Crippen LogP contribution in [0.25, 0.3) is 20.4 Å². The molecule has 3 heterocycles. The van der Waals surface area contributed by atoms with Crippen LogP contribution >= 0.6 is 22.7 Å². The maximum Gasteiger partial charge on any atom is 0.276 e. The van der Waals surface area contributed by atoms with E-state index in [4.69, 9.17) is 0 Å². The Kier molecular flexibility index (Phi) is 4.66. The molecule has 0 aliphatic heterocycles.